The summed E-state index contributed by atoms with van der Waals surface area (Å²) < 4.78 is 0. The monoisotopic (exact) mass is 331 g/mol. The Bertz CT molecular complexity index is 649. The van der Waals surface area contributed by atoms with Gasteiger partial charge in [0.2, 0.25) is 0 Å². The van der Waals surface area contributed by atoms with E-state index >= 15 is 0 Å². The third-order valence-corrected chi connectivity index (χ3v) is 4.74. The van der Waals surface area contributed by atoms with Gasteiger partial charge in [0.05, 0.1) is 5.01 Å². The Morgan fingerprint density at radius 1 is 1.35 bits per heavy atom. The molecule has 0 aromatic carbocycles. The van der Waals surface area contributed by atoms with Crippen LogP contribution in [0, 0.1) is 0 Å². The van der Waals surface area contributed by atoms with Gasteiger partial charge in [-0.05, 0) is 31.0 Å². The van der Waals surface area contributed by atoms with Crippen LogP contribution in [0.2, 0.25) is 0 Å². The summed E-state index contributed by atoms with van der Waals surface area (Å²) in [7, 11) is 0. The van der Waals surface area contributed by atoms with Gasteiger partial charge in [-0.25, -0.2) is 9.97 Å². The van der Waals surface area contributed by atoms with E-state index in [1.807, 2.05) is 18.3 Å². The molecule has 0 radical (unpaired) electrons. The number of nitrogens with zero attached hydrogens (tertiary/aromatic N) is 3. The number of carbonyl (C=O) groups is 1. The van der Waals surface area contributed by atoms with Gasteiger partial charge in [-0.1, -0.05) is 6.07 Å². The van der Waals surface area contributed by atoms with Crippen molar-refractivity contribution in [2.45, 2.75) is 25.8 Å². The number of pyridine rings is 1. The van der Waals surface area contributed by atoms with Crippen LogP contribution in [-0.4, -0.2) is 35.5 Å². The number of hydrogen-bond acceptors (Lipinski definition) is 6. The maximum absolute atomic E-state index is 12.1. The SMILES string of the molecule is NCCc1nc(C(=O)NCc2ccc(N3CCCC3)nc2)cs1. The molecule has 0 unspecified atom stereocenters. The van der Waals surface area contributed by atoms with Gasteiger partial charge in [0, 0.05) is 37.6 Å². The number of aromatic nitrogens is 2. The Balaban J connectivity index is 1.53. The predicted octanol–water partition coefficient (Wildman–Crippen LogP) is 1.57. The van der Waals surface area contributed by atoms with E-state index in [0.717, 1.165) is 29.5 Å². The van der Waals surface area contributed by atoms with Crippen molar-refractivity contribution in [2.75, 3.05) is 24.5 Å². The molecule has 122 valence electrons. The molecular weight excluding hydrogens is 310 g/mol. The van der Waals surface area contributed by atoms with Crippen molar-refractivity contribution in [3.05, 3.63) is 40.0 Å². The Kier molecular flexibility index (Phi) is 5.19. The van der Waals surface area contributed by atoms with Crippen LogP contribution in [0.25, 0.3) is 0 Å². The summed E-state index contributed by atoms with van der Waals surface area (Å²) in [6.45, 7) is 3.16. The van der Waals surface area contributed by atoms with Gasteiger partial charge in [0.15, 0.2) is 0 Å². The van der Waals surface area contributed by atoms with Crippen molar-refractivity contribution in [2.24, 2.45) is 5.73 Å². The van der Waals surface area contributed by atoms with E-state index in [-0.39, 0.29) is 5.91 Å². The lowest BCUT2D eigenvalue weighted by molar-refractivity contribution is 0.0946. The van der Waals surface area contributed by atoms with Crippen molar-refractivity contribution in [3.63, 3.8) is 0 Å². The lowest BCUT2D eigenvalue weighted by Crippen LogP contribution is -2.23. The molecule has 7 heteroatoms. The Morgan fingerprint density at radius 2 is 2.17 bits per heavy atom. The average Bonchev–Trinajstić information content (AvgIpc) is 3.25. The number of nitrogens with two attached hydrogens (primary N) is 1. The second-order valence-electron chi connectivity index (χ2n) is 5.57. The first-order chi connectivity index (χ1) is 11.3. The van der Waals surface area contributed by atoms with Gasteiger partial charge in [-0.15, -0.1) is 11.3 Å². The minimum Gasteiger partial charge on any atom is -0.357 e. The van der Waals surface area contributed by atoms with Gasteiger partial charge in [-0.3, -0.25) is 4.79 Å². The standard InChI is InChI=1S/C16H21N5OS/c17-6-5-15-20-13(11-23-15)16(22)19-10-12-3-4-14(18-9-12)21-7-1-2-8-21/h3-4,9,11H,1-2,5-8,10,17H2,(H,19,22). The molecule has 3 N–H and O–H groups in total. The predicted molar refractivity (Wildman–Crippen MR) is 91.7 cm³/mol. The molecule has 2 aromatic rings. The van der Waals surface area contributed by atoms with Crippen LogP contribution in [0.3, 0.4) is 0 Å². The number of carbonyl (C=O) groups excluding carboxylic acids is 1. The first-order valence-corrected chi connectivity index (χ1v) is 8.77. The Labute approximate surface area is 139 Å². The highest BCUT2D eigenvalue weighted by atomic mass is 32.1. The lowest BCUT2D eigenvalue weighted by Gasteiger charge is -2.16. The Hall–Kier alpha value is -1.99. The second-order valence-corrected chi connectivity index (χ2v) is 6.51. The molecule has 3 heterocycles. The van der Waals surface area contributed by atoms with Crippen molar-refractivity contribution >= 4 is 23.1 Å². The number of nitrogens with one attached hydrogen (secondary N) is 1. The van der Waals surface area contributed by atoms with Crippen LogP contribution in [-0.2, 0) is 13.0 Å². The van der Waals surface area contributed by atoms with Crippen LogP contribution < -0.4 is 16.0 Å². The maximum Gasteiger partial charge on any atom is 0.271 e. The van der Waals surface area contributed by atoms with Gasteiger partial charge in [0.25, 0.3) is 5.91 Å². The van der Waals surface area contributed by atoms with Crippen LogP contribution in [0.15, 0.2) is 23.7 Å². The van der Waals surface area contributed by atoms with E-state index in [1.165, 1.54) is 24.2 Å². The molecule has 3 rings (SSSR count). The van der Waals surface area contributed by atoms with Crippen LogP contribution in [0.1, 0.15) is 33.9 Å². The van der Waals surface area contributed by atoms with Gasteiger partial charge in [0.1, 0.15) is 11.5 Å². The third-order valence-electron chi connectivity index (χ3n) is 3.83. The molecule has 1 saturated heterocycles. The van der Waals surface area contributed by atoms with Crippen LogP contribution >= 0.6 is 11.3 Å². The van der Waals surface area contributed by atoms with Gasteiger partial charge >= 0.3 is 0 Å². The van der Waals surface area contributed by atoms with E-state index in [4.69, 9.17) is 5.73 Å². The maximum atomic E-state index is 12.1. The molecule has 1 aliphatic rings. The number of anilines is 1. The molecule has 2 aromatic heterocycles. The van der Waals surface area contributed by atoms with Gasteiger partial charge < -0.3 is 16.0 Å². The third kappa shape index (κ3) is 4.05. The number of rotatable bonds is 6. The molecule has 0 aliphatic carbocycles. The normalized spacial score (nSPS) is 14.2. The highest BCUT2D eigenvalue weighted by Crippen LogP contribution is 2.17. The minimum absolute atomic E-state index is 0.159. The molecule has 0 spiro atoms. The van der Waals surface area contributed by atoms with Gasteiger partial charge in [-0.2, -0.15) is 0 Å². The summed E-state index contributed by atoms with van der Waals surface area (Å²) in [6, 6.07) is 4.04. The smallest absolute Gasteiger partial charge is 0.271 e. The fraction of sp³-hybridized carbons (Fsp3) is 0.438. The summed E-state index contributed by atoms with van der Waals surface area (Å²) in [5.74, 6) is 0.858. The number of hydrogen-bond donors (Lipinski definition) is 2. The topological polar surface area (TPSA) is 84.1 Å². The van der Waals surface area contributed by atoms with Crippen LogP contribution in [0.5, 0.6) is 0 Å². The highest BCUT2D eigenvalue weighted by Gasteiger charge is 2.13. The van der Waals surface area contributed by atoms with Crippen LogP contribution in [0.4, 0.5) is 5.82 Å². The number of amides is 1. The summed E-state index contributed by atoms with van der Waals surface area (Å²) in [5, 5.41) is 5.55. The van der Waals surface area contributed by atoms with E-state index in [1.54, 1.807) is 5.38 Å². The largest absolute Gasteiger partial charge is 0.357 e. The van der Waals surface area contributed by atoms with E-state index in [0.29, 0.717) is 25.2 Å². The molecule has 0 saturated carbocycles. The van der Waals surface area contributed by atoms with Crippen molar-refractivity contribution in [1.29, 1.82) is 0 Å². The molecule has 0 bridgehead atoms. The molecule has 23 heavy (non-hydrogen) atoms. The lowest BCUT2D eigenvalue weighted by atomic mass is 10.2. The molecule has 1 aliphatic heterocycles. The highest BCUT2D eigenvalue weighted by molar-refractivity contribution is 7.09. The zero-order chi connectivity index (χ0) is 16.1. The first-order valence-electron chi connectivity index (χ1n) is 7.89. The molecular formula is C16H21N5OS. The fourth-order valence-corrected chi connectivity index (χ4v) is 3.38. The quantitative estimate of drug-likeness (QED) is 0.839. The summed E-state index contributed by atoms with van der Waals surface area (Å²) in [5.41, 5.74) is 6.94. The van der Waals surface area contributed by atoms with E-state index in [2.05, 4.69) is 20.2 Å². The summed E-state index contributed by atoms with van der Waals surface area (Å²) >= 11 is 1.47. The summed E-state index contributed by atoms with van der Waals surface area (Å²) in [4.78, 5) is 23.1. The second kappa shape index (κ2) is 7.52. The fourth-order valence-electron chi connectivity index (χ4n) is 2.58. The van der Waals surface area contributed by atoms with E-state index in [9.17, 15) is 4.79 Å². The Morgan fingerprint density at radius 3 is 2.87 bits per heavy atom. The zero-order valence-corrected chi connectivity index (χ0v) is 13.8. The summed E-state index contributed by atoms with van der Waals surface area (Å²) in [6.07, 6.45) is 5.01. The average molecular weight is 331 g/mol. The zero-order valence-electron chi connectivity index (χ0n) is 13.0. The molecule has 0 atom stereocenters. The molecule has 1 fully saturated rings. The van der Waals surface area contributed by atoms with Crippen molar-refractivity contribution < 1.29 is 4.79 Å². The van der Waals surface area contributed by atoms with E-state index < -0.39 is 0 Å². The minimum atomic E-state index is -0.159. The van der Waals surface area contributed by atoms with Crippen molar-refractivity contribution in [3.8, 4) is 0 Å². The van der Waals surface area contributed by atoms with Crippen molar-refractivity contribution in [1.82, 2.24) is 15.3 Å². The molecule has 6 nitrogen and oxygen atoms in total. The number of thiazole rings is 1. The molecule has 1 amide bonds. The first kappa shape index (κ1) is 15.9.